The van der Waals surface area contributed by atoms with Gasteiger partial charge >= 0.3 is 0 Å². The van der Waals surface area contributed by atoms with Crippen LogP contribution in [0.2, 0.25) is 0 Å². The van der Waals surface area contributed by atoms with Gasteiger partial charge in [-0.15, -0.1) is 0 Å². The number of carbonyl (C=O) groups excluding carboxylic acids is 1. The molecule has 0 aliphatic carbocycles. The van der Waals surface area contributed by atoms with Crippen molar-refractivity contribution in [2.45, 2.75) is 6.92 Å². The van der Waals surface area contributed by atoms with Gasteiger partial charge in [-0.05, 0) is 52.2 Å². The molecule has 0 atom stereocenters. The predicted molar refractivity (Wildman–Crippen MR) is 111 cm³/mol. The molecule has 2 rings (SSSR count). The van der Waals surface area contributed by atoms with Crippen LogP contribution in [0.5, 0.6) is 11.5 Å². The summed E-state index contributed by atoms with van der Waals surface area (Å²) < 4.78 is 30.7. The van der Waals surface area contributed by atoms with Crippen LogP contribution in [0.15, 0.2) is 46.0 Å². The lowest BCUT2D eigenvalue weighted by Gasteiger charge is -2.23. The molecule has 0 aliphatic heterocycles. The zero-order valence-electron chi connectivity index (χ0n) is 15.5. The summed E-state index contributed by atoms with van der Waals surface area (Å²) in [6.07, 6.45) is 2.39. The van der Waals surface area contributed by atoms with Gasteiger partial charge in [0.15, 0.2) is 11.5 Å². The average molecular weight is 470 g/mol. The molecule has 1 amide bonds. The van der Waals surface area contributed by atoms with Gasteiger partial charge in [-0.25, -0.2) is 13.8 Å². The maximum absolute atomic E-state index is 12.2. The van der Waals surface area contributed by atoms with Gasteiger partial charge < -0.3 is 9.84 Å². The van der Waals surface area contributed by atoms with E-state index in [-0.39, 0.29) is 11.5 Å². The number of hydrogen-bond acceptors (Lipinski definition) is 6. The fraction of sp³-hybridized carbons (Fsp3) is 0.222. The third-order valence-corrected chi connectivity index (χ3v) is 5.48. The molecule has 2 aromatic carbocycles. The zero-order chi connectivity index (χ0) is 20.9. The van der Waals surface area contributed by atoms with Crippen LogP contribution in [-0.4, -0.2) is 45.6 Å². The van der Waals surface area contributed by atoms with E-state index in [0.717, 1.165) is 16.1 Å². The minimum Gasteiger partial charge on any atom is -0.503 e. The number of anilines is 1. The summed E-state index contributed by atoms with van der Waals surface area (Å²) in [5.74, 6) is -0.412. The number of aromatic hydroxyl groups is 1. The van der Waals surface area contributed by atoms with Crippen molar-refractivity contribution in [3.8, 4) is 11.5 Å². The van der Waals surface area contributed by atoms with E-state index in [1.165, 1.54) is 19.4 Å². The second-order valence-corrected chi connectivity index (χ2v) is 8.66. The average Bonchev–Trinajstić information content (AvgIpc) is 2.62. The number of hydrazone groups is 1. The summed E-state index contributed by atoms with van der Waals surface area (Å²) in [7, 11) is -2.25. The predicted octanol–water partition coefficient (Wildman–Crippen LogP) is 2.39. The van der Waals surface area contributed by atoms with Gasteiger partial charge in [0, 0.05) is 0 Å². The highest BCUT2D eigenvalue weighted by atomic mass is 79.9. The van der Waals surface area contributed by atoms with Crippen molar-refractivity contribution in [2.24, 2.45) is 5.10 Å². The Morgan fingerprint density at radius 1 is 1.36 bits per heavy atom. The zero-order valence-corrected chi connectivity index (χ0v) is 17.9. The van der Waals surface area contributed by atoms with Crippen molar-refractivity contribution in [3.05, 3.63) is 52.0 Å². The number of rotatable bonds is 7. The van der Waals surface area contributed by atoms with Crippen molar-refractivity contribution in [1.29, 1.82) is 0 Å². The van der Waals surface area contributed by atoms with Crippen LogP contribution < -0.4 is 14.5 Å². The molecule has 150 valence electrons. The number of nitrogens with zero attached hydrogens (tertiary/aromatic N) is 2. The van der Waals surface area contributed by atoms with Crippen LogP contribution in [0.25, 0.3) is 0 Å². The number of sulfonamides is 1. The Hall–Kier alpha value is -2.59. The molecule has 0 bridgehead atoms. The van der Waals surface area contributed by atoms with Crippen LogP contribution in [0.3, 0.4) is 0 Å². The Morgan fingerprint density at radius 2 is 2.04 bits per heavy atom. The summed E-state index contributed by atoms with van der Waals surface area (Å²) >= 11 is 3.19. The summed E-state index contributed by atoms with van der Waals surface area (Å²) in [6.45, 7) is 1.35. The molecule has 0 aliphatic rings. The molecular formula is C18H20BrN3O5S. The minimum absolute atomic E-state index is 0.0503. The number of phenolic OH excluding ortho intramolecular Hbond substituents is 1. The van der Waals surface area contributed by atoms with Gasteiger partial charge in [0.05, 0.1) is 29.7 Å². The first-order chi connectivity index (χ1) is 13.1. The second kappa shape index (κ2) is 9.07. The van der Waals surface area contributed by atoms with Gasteiger partial charge in [-0.2, -0.15) is 5.10 Å². The van der Waals surface area contributed by atoms with Crippen molar-refractivity contribution in [2.75, 3.05) is 24.2 Å². The van der Waals surface area contributed by atoms with Gasteiger partial charge in [0.2, 0.25) is 10.0 Å². The molecule has 0 spiro atoms. The number of methoxy groups -OCH3 is 1. The number of phenols is 1. The SMILES string of the molecule is COc1cc(/C=N/NC(=O)CN(c2ccccc2C)S(C)(=O)=O)cc(Br)c1O. The van der Waals surface area contributed by atoms with E-state index in [1.54, 1.807) is 37.3 Å². The Kier molecular flexibility index (Phi) is 7.03. The highest BCUT2D eigenvalue weighted by molar-refractivity contribution is 9.10. The Morgan fingerprint density at radius 3 is 2.64 bits per heavy atom. The summed E-state index contributed by atoms with van der Waals surface area (Å²) in [5, 5.41) is 13.6. The van der Waals surface area contributed by atoms with Crippen LogP contribution in [0.1, 0.15) is 11.1 Å². The number of hydrogen-bond donors (Lipinski definition) is 2. The van der Waals surface area contributed by atoms with Gasteiger partial charge in [-0.1, -0.05) is 18.2 Å². The summed E-state index contributed by atoms with van der Waals surface area (Å²) in [5.41, 5.74) is 4.01. The van der Waals surface area contributed by atoms with Crippen molar-refractivity contribution in [1.82, 2.24) is 5.43 Å². The molecule has 0 fully saturated rings. The van der Waals surface area contributed by atoms with E-state index in [4.69, 9.17) is 4.74 Å². The van der Waals surface area contributed by atoms with E-state index in [1.807, 2.05) is 0 Å². The fourth-order valence-electron chi connectivity index (χ4n) is 2.39. The van der Waals surface area contributed by atoms with Crippen LogP contribution in [0.4, 0.5) is 5.69 Å². The van der Waals surface area contributed by atoms with E-state index >= 15 is 0 Å². The maximum Gasteiger partial charge on any atom is 0.260 e. The second-order valence-electron chi connectivity index (χ2n) is 5.90. The third kappa shape index (κ3) is 5.46. The maximum atomic E-state index is 12.2. The first-order valence-corrected chi connectivity index (χ1v) is 10.7. The monoisotopic (exact) mass is 469 g/mol. The van der Waals surface area contributed by atoms with Crippen molar-refractivity contribution in [3.63, 3.8) is 0 Å². The molecule has 0 aromatic heterocycles. The number of nitrogens with one attached hydrogen (secondary N) is 1. The van der Waals surface area contributed by atoms with Gasteiger partial charge in [0.1, 0.15) is 6.54 Å². The number of benzene rings is 2. The molecule has 0 saturated carbocycles. The molecular weight excluding hydrogens is 450 g/mol. The molecule has 2 aromatic rings. The van der Waals surface area contributed by atoms with Crippen LogP contribution in [-0.2, 0) is 14.8 Å². The van der Waals surface area contributed by atoms with Crippen LogP contribution >= 0.6 is 15.9 Å². The smallest absolute Gasteiger partial charge is 0.260 e. The Labute approximate surface area is 172 Å². The largest absolute Gasteiger partial charge is 0.503 e. The quantitative estimate of drug-likeness (QED) is 0.477. The third-order valence-electron chi connectivity index (χ3n) is 3.75. The fourth-order valence-corrected chi connectivity index (χ4v) is 3.77. The molecule has 0 unspecified atom stereocenters. The first-order valence-electron chi connectivity index (χ1n) is 8.05. The molecule has 2 N–H and O–H groups in total. The normalized spacial score (nSPS) is 11.4. The van der Waals surface area contributed by atoms with Crippen molar-refractivity contribution >= 4 is 43.8 Å². The number of aryl methyl sites for hydroxylation is 1. The molecule has 0 saturated heterocycles. The molecule has 8 nitrogen and oxygen atoms in total. The number of amides is 1. The van der Waals surface area contributed by atoms with E-state index < -0.39 is 22.5 Å². The first kappa shape index (κ1) is 21.7. The van der Waals surface area contributed by atoms with E-state index in [9.17, 15) is 18.3 Å². The standard InChI is InChI=1S/C18H20BrN3O5S/c1-12-6-4-5-7-15(12)22(28(3,25)26)11-17(23)21-20-10-13-8-14(19)18(24)16(9-13)27-2/h4-10,24H,11H2,1-3H3,(H,21,23)/b20-10+. The molecule has 0 heterocycles. The lowest BCUT2D eigenvalue weighted by atomic mass is 10.2. The number of carbonyl (C=O) groups is 1. The van der Waals surface area contributed by atoms with Crippen LogP contribution in [0, 0.1) is 6.92 Å². The topological polar surface area (TPSA) is 108 Å². The molecule has 28 heavy (non-hydrogen) atoms. The van der Waals surface area contributed by atoms with E-state index in [2.05, 4.69) is 26.5 Å². The van der Waals surface area contributed by atoms with Crippen molar-refractivity contribution < 1.29 is 23.1 Å². The minimum atomic E-state index is -3.66. The van der Waals surface area contributed by atoms with Gasteiger partial charge in [-0.3, -0.25) is 9.10 Å². The number of para-hydroxylation sites is 1. The number of halogens is 1. The van der Waals surface area contributed by atoms with Gasteiger partial charge in [0.25, 0.3) is 5.91 Å². The highest BCUT2D eigenvalue weighted by Gasteiger charge is 2.21. The molecule has 0 radical (unpaired) electrons. The summed E-state index contributed by atoms with van der Waals surface area (Å²) in [6, 6.07) is 10.0. The number of ether oxygens (including phenoxy) is 1. The lowest BCUT2D eigenvalue weighted by molar-refractivity contribution is -0.119. The lowest BCUT2D eigenvalue weighted by Crippen LogP contribution is -2.39. The van der Waals surface area contributed by atoms with E-state index in [0.29, 0.717) is 15.7 Å². The highest BCUT2D eigenvalue weighted by Crippen LogP contribution is 2.34. The Balaban J connectivity index is 2.13. The molecule has 10 heteroatoms. The summed E-state index contributed by atoms with van der Waals surface area (Å²) in [4.78, 5) is 12.2. The Bertz CT molecular complexity index is 1010.